The third kappa shape index (κ3) is 5.18. The second-order valence-electron chi connectivity index (χ2n) is 8.84. The van der Waals surface area contributed by atoms with Crippen LogP contribution in [-0.4, -0.2) is 54.3 Å². The summed E-state index contributed by atoms with van der Waals surface area (Å²) in [7, 11) is 1.24. The third-order valence-electron chi connectivity index (χ3n) is 6.43. The lowest BCUT2D eigenvalue weighted by atomic mass is 9.92. The number of nitrogens with zero attached hydrogens (tertiary/aromatic N) is 3. The van der Waals surface area contributed by atoms with Crippen molar-refractivity contribution in [3.05, 3.63) is 65.4 Å². The van der Waals surface area contributed by atoms with E-state index in [1.54, 1.807) is 4.68 Å². The van der Waals surface area contributed by atoms with E-state index in [0.717, 1.165) is 36.4 Å². The number of carbonyl (C=O) groups is 2. The first-order valence-corrected chi connectivity index (χ1v) is 11.8. The van der Waals surface area contributed by atoms with Crippen LogP contribution in [0.25, 0.3) is 0 Å². The number of nitrogens with one attached hydrogen (secondary N) is 1. The summed E-state index contributed by atoms with van der Waals surface area (Å²) in [4.78, 5) is 27.9. The molecule has 1 N–H and O–H groups in total. The summed E-state index contributed by atoms with van der Waals surface area (Å²) in [5.74, 6) is -4.97. The average molecular weight is 552 g/mol. The Balaban J connectivity index is 1.47. The number of benzene rings is 2. The van der Waals surface area contributed by atoms with Gasteiger partial charge < -0.3 is 24.4 Å². The highest BCUT2D eigenvalue weighted by Gasteiger charge is 2.46. The van der Waals surface area contributed by atoms with E-state index in [2.05, 4.69) is 15.2 Å². The van der Waals surface area contributed by atoms with Crippen molar-refractivity contribution in [3.63, 3.8) is 0 Å². The number of anilines is 1. The van der Waals surface area contributed by atoms with E-state index in [1.807, 2.05) is 0 Å². The Hall–Kier alpha value is -4.36. The molecule has 1 fully saturated rings. The van der Waals surface area contributed by atoms with E-state index in [9.17, 15) is 22.8 Å². The van der Waals surface area contributed by atoms with E-state index in [1.165, 1.54) is 18.2 Å². The summed E-state index contributed by atoms with van der Waals surface area (Å²) in [6.45, 7) is 0.723. The molecule has 0 bridgehead atoms. The highest BCUT2D eigenvalue weighted by atomic mass is 19.4. The molecule has 3 aromatic rings. The number of carbonyl (C=O) groups excluding carboxylic acids is 2. The number of halogens is 5. The highest BCUT2D eigenvalue weighted by molar-refractivity contribution is 6.05. The lowest BCUT2D eigenvalue weighted by molar-refractivity contribution is -0.274. The minimum Gasteiger partial charge on any atom is -0.497 e. The molecule has 0 saturated carbocycles. The number of methoxy groups -OCH3 is 1. The molecule has 14 heteroatoms. The van der Waals surface area contributed by atoms with Gasteiger partial charge in [0.2, 0.25) is 11.8 Å². The van der Waals surface area contributed by atoms with Crippen LogP contribution in [0.1, 0.15) is 28.3 Å². The Labute approximate surface area is 218 Å². The van der Waals surface area contributed by atoms with Gasteiger partial charge in [-0.1, -0.05) is 0 Å². The van der Waals surface area contributed by atoms with Gasteiger partial charge in [-0.05, 0) is 24.3 Å². The number of hydrogen-bond donors (Lipinski definition) is 1. The lowest BCUT2D eigenvalue weighted by Crippen LogP contribution is -2.44. The molecular weight excluding hydrogens is 531 g/mol. The SMILES string of the molecule is COc1cc(F)c([C@@H]2CN(c3cnn4c3OCCC4)C(=O)[C@H]2NC(=O)c2ccc(OC(F)(F)F)cc2)c(F)c1. The number of hydrogen-bond acceptors (Lipinski definition) is 6. The second-order valence-corrected chi connectivity index (χ2v) is 8.84. The Morgan fingerprint density at radius 2 is 1.82 bits per heavy atom. The molecule has 206 valence electrons. The van der Waals surface area contributed by atoms with Crippen LogP contribution in [0.5, 0.6) is 17.4 Å². The van der Waals surface area contributed by atoms with Crippen LogP contribution >= 0.6 is 0 Å². The van der Waals surface area contributed by atoms with Gasteiger partial charge in [-0.15, -0.1) is 13.2 Å². The number of rotatable bonds is 6. The number of aromatic nitrogens is 2. The standard InChI is InChI=1S/C25H21F5N4O5/c1-37-15-9-17(26)20(18(27)10-15)16-12-33(19-11-31-34-7-2-8-38-24(19)34)23(36)21(16)32-22(35)13-3-5-14(6-4-13)39-25(28,29)30/h3-6,9-11,16,21H,2,7-8,12H2,1H3,(H,32,35)/t16-,21-/m0/s1. The van der Waals surface area contributed by atoms with Gasteiger partial charge in [0, 0.05) is 48.7 Å². The van der Waals surface area contributed by atoms with Crippen molar-refractivity contribution in [1.82, 2.24) is 15.1 Å². The smallest absolute Gasteiger partial charge is 0.497 e. The predicted molar refractivity (Wildman–Crippen MR) is 125 cm³/mol. The van der Waals surface area contributed by atoms with Crippen LogP contribution in [0, 0.1) is 11.6 Å². The largest absolute Gasteiger partial charge is 0.573 e. The van der Waals surface area contributed by atoms with Crippen LogP contribution in [0.4, 0.5) is 27.6 Å². The predicted octanol–water partition coefficient (Wildman–Crippen LogP) is 3.78. The molecule has 2 aliphatic heterocycles. The summed E-state index contributed by atoms with van der Waals surface area (Å²) in [6.07, 6.45) is -2.81. The molecule has 9 nitrogen and oxygen atoms in total. The molecule has 2 atom stereocenters. The Morgan fingerprint density at radius 1 is 1.13 bits per heavy atom. The summed E-state index contributed by atoms with van der Waals surface area (Å²) in [5.41, 5.74) is -0.256. The fourth-order valence-electron chi connectivity index (χ4n) is 4.68. The first-order chi connectivity index (χ1) is 18.6. The van der Waals surface area contributed by atoms with Crippen molar-refractivity contribution in [1.29, 1.82) is 0 Å². The average Bonchev–Trinajstić information content (AvgIpc) is 3.44. The van der Waals surface area contributed by atoms with Crippen LogP contribution in [-0.2, 0) is 11.3 Å². The van der Waals surface area contributed by atoms with Crippen molar-refractivity contribution >= 4 is 17.5 Å². The van der Waals surface area contributed by atoms with Gasteiger partial charge in [-0.3, -0.25) is 9.59 Å². The maximum absolute atomic E-state index is 15.1. The van der Waals surface area contributed by atoms with Gasteiger partial charge in [0.1, 0.15) is 34.9 Å². The fraction of sp³-hybridized carbons (Fsp3) is 0.320. The van der Waals surface area contributed by atoms with E-state index >= 15 is 8.78 Å². The molecule has 1 saturated heterocycles. The second kappa shape index (κ2) is 10.1. The summed E-state index contributed by atoms with van der Waals surface area (Å²) < 4.78 is 83.6. The normalized spacial score (nSPS) is 18.9. The maximum Gasteiger partial charge on any atom is 0.573 e. The molecule has 5 rings (SSSR count). The van der Waals surface area contributed by atoms with E-state index < -0.39 is 53.1 Å². The van der Waals surface area contributed by atoms with Gasteiger partial charge >= 0.3 is 6.36 Å². The van der Waals surface area contributed by atoms with Crippen LogP contribution in [0.3, 0.4) is 0 Å². The monoisotopic (exact) mass is 552 g/mol. The lowest BCUT2D eigenvalue weighted by Gasteiger charge is -2.20. The summed E-state index contributed by atoms with van der Waals surface area (Å²) >= 11 is 0. The third-order valence-corrected chi connectivity index (χ3v) is 6.43. The number of aryl methyl sites for hydroxylation is 1. The highest BCUT2D eigenvalue weighted by Crippen LogP contribution is 2.40. The minimum absolute atomic E-state index is 0.0733. The van der Waals surface area contributed by atoms with Crippen molar-refractivity contribution in [3.8, 4) is 17.4 Å². The van der Waals surface area contributed by atoms with Gasteiger partial charge in [0.05, 0.1) is 19.9 Å². The van der Waals surface area contributed by atoms with Crippen molar-refractivity contribution < 1.29 is 45.8 Å². The zero-order valence-electron chi connectivity index (χ0n) is 20.3. The quantitative estimate of drug-likeness (QED) is 0.468. The van der Waals surface area contributed by atoms with E-state index in [4.69, 9.17) is 9.47 Å². The summed E-state index contributed by atoms with van der Waals surface area (Å²) in [6, 6.07) is 4.51. The Kier molecular flexibility index (Phi) is 6.78. The number of fused-ring (bicyclic) bond motifs is 1. The van der Waals surface area contributed by atoms with E-state index in [0.29, 0.717) is 25.5 Å². The first kappa shape index (κ1) is 26.3. The molecule has 2 aromatic carbocycles. The Morgan fingerprint density at radius 3 is 2.46 bits per heavy atom. The van der Waals surface area contributed by atoms with Crippen LogP contribution < -0.4 is 24.4 Å². The van der Waals surface area contributed by atoms with Gasteiger partial charge in [-0.2, -0.15) is 5.10 Å². The summed E-state index contributed by atoms with van der Waals surface area (Å²) in [5, 5.41) is 6.70. The van der Waals surface area contributed by atoms with Crippen LogP contribution in [0.2, 0.25) is 0 Å². The molecule has 0 radical (unpaired) electrons. The Bertz CT molecular complexity index is 1390. The zero-order valence-corrected chi connectivity index (χ0v) is 20.3. The minimum atomic E-state index is -4.92. The molecular formula is C25H21F5N4O5. The molecule has 3 heterocycles. The topological polar surface area (TPSA) is 94.9 Å². The van der Waals surface area contributed by atoms with Crippen molar-refractivity contribution in [2.45, 2.75) is 31.3 Å². The van der Waals surface area contributed by atoms with Crippen molar-refractivity contribution in [2.75, 3.05) is 25.2 Å². The van der Waals surface area contributed by atoms with Crippen LogP contribution in [0.15, 0.2) is 42.6 Å². The van der Waals surface area contributed by atoms with Gasteiger partial charge in [0.25, 0.3) is 5.91 Å². The molecule has 0 unspecified atom stereocenters. The maximum atomic E-state index is 15.1. The van der Waals surface area contributed by atoms with Gasteiger partial charge in [-0.25, -0.2) is 13.5 Å². The fourth-order valence-corrected chi connectivity index (χ4v) is 4.68. The van der Waals surface area contributed by atoms with Gasteiger partial charge in [0.15, 0.2) is 0 Å². The zero-order chi connectivity index (χ0) is 27.9. The number of ether oxygens (including phenoxy) is 3. The molecule has 2 amide bonds. The molecule has 1 aromatic heterocycles. The first-order valence-electron chi connectivity index (χ1n) is 11.8. The number of alkyl halides is 3. The molecule has 0 spiro atoms. The van der Waals surface area contributed by atoms with E-state index in [-0.39, 0.29) is 23.5 Å². The van der Waals surface area contributed by atoms with Crippen molar-refractivity contribution in [2.24, 2.45) is 0 Å². The molecule has 0 aliphatic carbocycles. The molecule has 39 heavy (non-hydrogen) atoms. The number of amides is 2. The molecule has 2 aliphatic rings.